The van der Waals surface area contributed by atoms with Crippen molar-refractivity contribution in [2.24, 2.45) is 0 Å². The molecule has 82 valence electrons. The lowest BCUT2D eigenvalue weighted by Gasteiger charge is -2.00. The number of H-pyrrole nitrogens is 1. The lowest BCUT2D eigenvalue weighted by Crippen LogP contribution is -2.08. The van der Waals surface area contributed by atoms with Gasteiger partial charge in [0.15, 0.2) is 5.16 Å². The van der Waals surface area contributed by atoms with Crippen molar-refractivity contribution in [2.75, 3.05) is 0 Å². The van der Waals surface area contributed by atoms with Crippen LogP contribution in [0.25, 0.3) is 0 Å². The third-order valence-electron chi connectivity index (χ3n) is 1.73. The number of hydrogen-bond acceptors (Lipinski definition) is 5. The summed E-state index contributed by atoms with van der Waals surface area (Å²) >= 11 is 4.42. The van der Waals surface area contributed by atoms with Crippen molar-refractivity contribution in [3.63, 3.8) is 0 Å². The molecule has 0 aliphatic rings. The molecule has 2 heterocycles. The van der Waals surface area contributed by atoms with E-state index in [1.54, 1.807) is 6.20 Å². The Bertz CT molecular complexity index is 571. The van der Waals surface area contributed by atoms with E-state index in [9.17, 15) is 4.79 Å². The van der Waals surface area contributed by atoms with Crippen LogP contribution in [-0.2, 0) is 0 Å². The van der Waals surface area contributed by atoms with Crippen LogP contribution >= 0.6 is 27.7 Å². The fraction of sp³-hybridized carbons (Fsp3) is 0.111. The Balaban J connectivity index is 2.34. The van der Waals surface area contributed by atoms with Gasteiger partial charge in [-0.1, -0.05) is 0 Å². The van der Waals surface area contributed by atoms with Crippen LogP contribution in [0, 0.1) is 6.92 Å². The Morgan fingerprint density at radius 2 is 2.25 bits per heavy atom. The number of aromatic amines is 1. The number of aromatic nitrogens is 4. The Morgan fingerprint density at radius 3 is 3.00 bits per heavy atom. The summed E-state index contributed by atoms with van der Waals surface area (Å²) in [5, 5.41) is 1.12. The molecular weight excluding hydrogens is 292 g/mol. The molecule has 0 aromatic carbocycles. The van der Waals surface area contributed by atoms with Gasteiger partial charge < -0.3 is 4.98 Å². The van der Waals surface area contributed by atoms with Gasteiger partial charge in [-0.2, -0.15) is 0 Å². The van der Waals surface area contributed by atoms with Crippen molar-refractivity contribution in [2.45, 2.75) is 17.1 Å². The molecule has 0 saturated carbocycles. The summed E-state index contributed by atoms with van der Waals surface area (Å²) < 4.78 is 0.394. The second kappa shape index (κ2) is 4.75. The van der Waals surface area contributed by atoms with Crippen LogP contribution in [0.15, 0.2) is 38.0 Å². The lowest BCUT2D eigenvalue weighted by atomic mass is 10.5. The largest absolute Gasteiger partial charge is 0.312 e. The minimum absolute atomic E-state index is 0.217. The van der Waals surface area contributed by atoms with Gasteiger partial charge in [0.2, 0.25) is 0 Å². The topological polar surface area (TPSA) is 71.5 Å². The van der Waals surface area contributed by atoms with Crippen molar-refractivity contribution in [3.05, 3.63) is 39.1 Å². The summed E-state index contributed by atoms with van der Waals surface area (Å²) in [5.41, 5.74) is 0.656. The van der Waals surface area contributed by atoms with E-state index in [1.807, 2.05) is 13.0 Å². The molecule has 5 nitrogen and oxygen atoms in total. The second-order valence-electron chi connectivity index (χ2n) is 2.93. The molecule has 0 amide bonds. The van der Waals surface area contributed by atoms with Crippen LogP contribution in [0.3, 0.4) is 0 Å². The standard InChI is InChI=1S/C9H7BrN4OS/c1-5-2-3-11-9(14-5)16-8-6(10)7(15)12-4-13-8/h2-4H,1H3,(H,12,13,15). The smallest absolute Gasteiger partial charge is 0.266 e. The van der Waals surface area contributed by atoms with Crippen molar-refractivity contribution >= 4 is 27.7 Å². The Morgan fingerprint density at radius 1 is 1.44 bits per heavy atom. The van der Waals surface area contributed by atoms with Crippen molar-refractivity contribution in [1.29, 1.82) is 0 Å². The minimum Gasteiger partial charge on any atom is -0.312 e. The number of halogens is 1. The van der Waals surface area contributed by atoms with E-state index >= 15 is 0 Å². The SMILES string of the molecule is Cc1ccnc(Sc2nc[nH]c(=O)c2Br)n1. The predicted molar refractivity (Wildman–Crippen MR) is 63.4 cm³/mol. The van der Waals surface area contributed by atoms with Gasteiger partial charge in [0.1, 0.15) is 9.50 Å². The van der Waals surface area contributed by atoms with E-state index in [0.29, 0.717) is 14.7 Å². The Labute approximate surface area is 104 Å². The summed E-state index contributed by atoms with van der Waals surface area (Å²) in [6, 6.07) is 1.81. The van der Waals surface area contributed by atoms with E-state index in [1.165, 1.54) is 18.1 Å². The molecule has 2 rings (SSSR count). The van der Waals surface area contributed by atoms with Gasteiger partial charge in [-0.05, 0) is 40.7 Å². The molecule has 1 N–H and O–H groups in total. The van der Waals surface area contributed by atoms with Gasteiger partial charge >= 0.3 is 0 Å². The fourth-order valence-electron chi connectivity index (χ4n) is 0.999. The first-order valence-corrected chi connectivity index (χ1v) is 5.98. The predicted octanol–water partition coefficient (Wildman–Crippen LogP) is 1.78. The number of rotatable bonds is 2. The molecule has 0 spiro atoms. The zero-order valence-electron chi connectivity index (χ0n) is 8.27. The van der Waals surface area contributed by atoms with Gasteiger partial charge in [-0.15, -0.1) is 0 Å². The highest BCUT2D eigenvalue weighted by atomic mass is 79.9. The lowest BCUT2D eigenvalue weighted by molar-refractivity contribution is 0.919. The van der Waals surface area contributed by atoms with Crippen LogP contribution in [0.4, 0.5) is 0 Å². The van der Waals surface area contributed by atoms with Crippen LogP contribution in [0.1, 0.15) is 5.69 Å². The van der Waals surface area contributed by atoms with Crippen LogP contribution < -0.4 is 5.56 Å². The Kier molecular flexibility index (Phi) is 3.35. The molecule has 2 aromatic rings. The van der Waals surface area contributed by atoms with E-state index in [0.717, 1.165) is 5.69 Å². The fourth-order valence-corrected chi connectivity index (χ4v) is 2.22. The molecule has 0 aliphatic heterocycles. The highest BCUT2D eigenvalue weighted by Crippen LogP contribution is 2.26. The molecule has 0 saturated heterocycles. The van der Waals surface area contributed by atoms with E-state index in [2.05, 4.69) is 35.9 Å². The van der Waals surface area contributed by atoms with E-state index in [4.69, 9.17) is 0 Å². The highest BCUT2D eigenvalue weighted by molar-refractivity contribution is 9.10. The van der Waals surface area contributed by atoms with Crippen LogP contribution in [0.2, 0.25) is 0 Å². The third kappa shape index (κ3) is 2.48. The number of nitrogens with one attached hydrogen (secondary N) is 1. The maximum Gasteiger partial charge on any atom is 0.266 e. The minimum atomic E-state index is -0.217. The number of hydrogen-bond donors (Lipinski definition) is 1. The highest BCUT2D eigenvalue weighted by Gasteiger charge is 2.08. The summed E-state index contributed by atoms with van der Waals surface area (Å²) in [4.78, 5) is 26.1. The molecule has 0 bridgehead atoms. The van der Waals surface area contributed by atoms with E-state index < -0.39 is 0 Å². The molecule has 16 heavy (non-hydrogen) atoms. The summed E-state index contributed by atoms with van der Waals surface area (Å²) in [6.07, 6.45) is 3.02. The molecule has 0 fully saturated rings. The van der Waals surface area contributed by atoms with Gasteiger partial charge in [-0.25, -0.2) is 15.0 Å². The molecule has 0 atom stereocenters. The molecule has 0 unspecified atom stereocenters. The van der Waals surface area contributed by atoms with Gasteiger partial charge in [0.05, 0.1) is 6.33 Å². The van der Waals surface area contributed by atoms with Crippen LogP contribution in [0.5, 0.6) is 0 Å². The maximum absolute atomic E-state index is 11.3. The average Bonchev–Trinajstić information content (AvgIpc) is 2.25. The third-order valence-corrected chi connectivity index (χ3v) is 3.61. The Hall–Kier alpha value is -1.21. The summed E-state index contributed by atoms with van der Waals surface area (Å²) in [5.74, 6) is 0. The average molecular weight is 299 g/mol. The van der Waals surface area contributed by atoms with E-state index in [-0.39, 0.29) is 5.56 Å². The first kappa shape index (κ1) is 11.3. The van der Waals surface area contributed by atoms with Crippen LogP contribution in [-0.4, -0.2) is 19.9 Å². The monoisotopic (exact) mass is 298 g/mol. The van der Waals surface area contributed by atoms with Crippen molar-refractivity contribution < 1.29 is 0 Å². The molecule has 0 radical (unpaired) electrons. The molecule has 0 aliphatic carbocycles. The quantitative estimate of drug-likeness (QED) is 0.676. The first-order chi connectivity index (χ1) is 7.66. The normalized spacial score (nSPS) is 10.4. The van der Waals surface area contributed by atoms with Gasteiger partial charge in [0.25, 0.3) is 5.56 Å². The molecular formula is C9H7BrN4OS. The summed E-state index contributed by atoms with van der Waals surface area (Å²) in [6.45, 7) is 1.88. The zero-order valence-corrected chi connectivity index (χ0v) is 10.7. The van der Waals surface area contributed by atoms with Gasteiger partial charge in [0, 0.05) is 11.9 Å². The summed E-state index contributed by atoms with van der Waals surface area (Å²) in [7, 11) is 0. The second-order valence-corrected chi connectivity index (χ2v) is 4.68. The van der Waals surface area contributed by atoms with Crippen molar-refractivity contribution in [3.8, 4) is 0 Å². The maximum atomic E-state index is 11.3. The van der Waals surface area contributed by atoms with Gasteiger partial charge in [-0.3, -0.25) is 4.79 Å². The molecule has 7 heteroatoms. The molecule has 2 aromatic heterocycles. The first-order valence-electron chi connectivity index (χ1n) is 4.37. The number of nitrogens with zero attached hydrogens (tertiary/aromatic N) is 3. The zero-order chi connectivity index (χ0) is 11.5. The van der Waals surface area contributed by atoms with Crippen molar-refractivity contribution in [1.82, 2.24) is 19.9 Å². The number of aryl methyl sites for hydroxylation is 1.